The molecule has 1 amide bonds. The second-order valence-electron chi connectivity index (χ2n) is 10.7. The second-order valence-corrected chi connectivity index (χ2v) is 12.0. The first kappa shape index (κ1) is 27.2. The summed E-state index contributed by atoms with van der Waals surface area (Å²) in [5.41, 5.74) is 1.89. The van der Waals surface area contributed by atoms with E-state index in [1.54, 1.807) is 0 Å². The SMILES string of the molecule is CC(C)(C)C1CC(Oc2ccc(COc3ccc(CC4COS(=O)(=O)OC4)cc3)cc2)CCN1C(=O)O. The molecule has 202 valence electrons. The highest BCUT2D eigenvalue weighted by atomic mass is 32.3. The molecule has 2 saturated heterocycles. The first-order chi connectivity index (χ1) is 17.5. The van der Waals surface area contributed by atoms with Crippen LogP contribution in [0, 0.1) is 11.3 Å². The Morgan fingerprint density at radius 2 is 1.59 bits per heavy atom. The van der Waals surface area contributed by atoms with Gasteiger partial charge in [0, 0.05) is 31.3 Å². The van der Waals surface area contributed by atoms with Crippen molar-refractivity contribution in [3.05, 3.63) is 59.7 Å². The summed E-state index contributed by atoms with van der Waals surface area (Å²) in [5, 5.41) is 9.55. The maximum absolute atomic E-state index is 11.6. The number of carboxylic acid groups (broad SMARTS) is 1. The van der Waals surface area contributed by atoms with Gasteiger partial charge in [-0.3, -0.25) is 0 Å². The van der Waals surface area contributed by atoms with E-state index in [1.165, 1.54) is 4.90 Å². The molecule has 0 aliphatic carbocycles. The van der Waals surface area contributed by atoms with Crippen molar-refractivity contribution in [1.29, 1.82) is 0 Å². The second kappa shape index (κ2) is 11.3. The first-order valence-electron chi connectivity index (χ1n) is 12.5. The van der Waals surface area contributed by atoms with E-state index in [-0.39, 0.29) is 36.7 Å². The van der Waals surface area contributed by atoms with E-state index < -0.39 is 16.5 Å². The van der Waals surface area contributed by atoms with Crippen molar-refractivity contribution in [3.63, 3.8) is 0 Å². The Kier molecular flexibility index (Phi) is 8.30. The number of piperidine rings is 1. The average molecular weight is 534 g/mol. The maximum Gasteiger partial charge on any atom is 0.407 e. The van der Waals surface area contributed by atoms with Crippen molar-refractivity contribution in [3.8, 4) is 11.5 Å². The van der Waals surface area contributed by atoms with E-state index in [0.717, 1.165) is 22.6 Å². The Hall–Kier alpha value is -2.82. The van der Waals surface area contributed by atoms with Crippen molar-refractivity contribution in [2.45, 2.75) is 58.8 Å². The van der Waals surface area contributed by atoms with Crippen LogP contribution in [-0.4, -0.2) is 56.4 Å². The molecule has 9 nitrogen and oxygen atoms in total. The molecule has 2 aliphatic rings. The van der Waals surface area contributed by atoms with Crippen molar-refractivity contribution >= 4 is 16.5 Å². The van der Waals surface area contributed by atoms with E-state index >= 15 is 0 Å². The monoisotopic (exact) mass is 533 g/mol. The van der Waals surface area contributed by atoms with Gasteiger partial charge in [0.1, 0.15) is 24.2 Å². The van der Waals surface area contributed by atoms with Crippen molar-refractivity contribution in [2.75, 3.05) is 19.8 Å². The lowest BCUT2D eigenvalue weighted by atomic mass is 9.80. The molecule has 2 aliphatic heterocycles. The zero-order valence-electron chi connectivity index (χ0n) is 21.5. The molecule has 0 bridgehead atoms. The zero-order chi connectivity index (χ0) is 26.6. The first-order valence-corrected chi connectivity index (χ1v) is 13.8. The minimum atomic E-state index is -3.82. The zero-order valence-corrected chi connectivity index (χ0v) is 22.3. The molecular formula is C27H35NO8S. The largest absolute Gasteiger partial charge is 0.490 e. The van der Waals surface area contributed by atoms with Crippen LogP contribution in [0.1, 0.15) is 44.7 Å². The minimum Gasteiger partial charge on any atom is -0.490 e. The molecule has 2 heterocycles. The Morgan fingerprint density at radius 3 is 2.19 bits per heavy atom. The Morgan fingerprint density at radius 1 is 1.00 bits per heavy atom. The molecule has 4 rings (SSSR count). The fraction of sp³-hybridized carbons (Fsp3) is 0.519. The number of likely N-dealkylation sites (tertiary alicyclic amines) is 1. The van der Waals surface area contributed by atoms with Crippen LogP contribution in [0.2, 0.25) is 0 Å². The topological polar surface area (TPSA) is 112 Å². The lowest BCUT2D eigenvalue weighted by molar-refractivity contribution is 0.0130. The van der Waals surface area contributed by atoms with E-state index in [9.17, 15) is 18.3 Å². The molecule has 2 fully saturated rings. The molecule has 0 saturated carbocycles. The van der Waals surface area contributed by atoms with Crippen LogP contribution in [0.25, 0.3) is 0 Å². The molecule has 37 heavy (non-hydrogen) atoms. The van der Waals surface area contributed by atoms with Crippen LogP contribution in [-0.2, 0) is 31.8 Å². The van der Waals surface area contributed by atoms with E-state index in [0.29, 0.717) is 32.4 Å². The molecule has 2 atom stereocenters. The Bertz CT molecular complexity index is 1140. The highest BCUT2D eigenvalue weighted by Gasteiger charge is 2.39. The molecule has 0 aromatic heterocycles. The summed E-state index contributed by atoms with van der Waals surface area (Å²) in [5.74, 6) is 1.49. The maximum atomic E-state index is 11.6. The normalized spacial score (nSPS) is 22.4. The Labute approximate surface area is 218 Å². The lowest BCUT2D eigenvalue weighted by Gasteiger charge is -2.44. The highest BCUT2D eigenvalue weighted by molar-refractivity contribution is 7.81. The van der Waals surface area contributed by atoms with Crippen LogP contribution in [0.15, 0.2) is 48.5 Å². The number of hydrogen-bond acceptors (Lipinski definition) is 7. The van der Waals surface area contributed by atoms with Gasteiger partial charge in [-0.05, 0) is 47.2 Å². The molecule has 2 aromatic carbocycles. The van der Waals surface area contributed by atoms with Crippen LogP contribution < -0.4 is 9.47 Å². The van der Waals surface area contributed by atoms with Gasteiger partial charge in [-0.1, -0.05) is 45.0 Å². The number of benzene rings is 2. The minimum absolute atomic E-state index is 0.0138. The summed E-state index contributed by atoms with van der Waals surface area (Å²) >= 11 is 0. The van der Waals surface area contributed by atoms with Gasteiger partial charge in [0.15, 0.2) is 0 Å². The van der Waals surface area contributed by atoms with Crippen molar-refractivity contribution in [2.24, 2.45) is 11.3 Å². The van der Waals surface area contributed by atoms with Gasteiger partial charge in [0.25, 0.3) is 0 Å². The van der Waals surface area contributed by atoms with Crippen molar-refractivity contribution < 1.29 is 36.2 Å². The molecule has 2 aromatic rings. The summed E-state index contributed by atoms with van der Waals surface area (Å²) in [6.45, 7) is 7.31. The smallest absolute Gasteiger partial charge is 0.407 e. The van der Waals surface area contributed by atoms with Gasteiger partial charge in [0.05, 0.1) is 13.2 Å². The van der Waals surface area contributed by atoms with Crippen LogP contribution in [0.3, 0.4) is 0 Å². The molecule has 10 heteroatoms. The third-order valence-electron chi connectivity index (χ3n) is 6.78. The standard InChI is InChI=1S/C27H35NO8S/c1-27(2,3)25-15-24(12-13-28(25)26(29)30)36-23-10-6-20(7-11-23)16-33-22-8-4-19(5-9-22)14-21-17-34-37(31,32)35-18-21/h4-11,21,24-25H,12-18H2,1-3H3,(H,29,30). The molecule has 2 unspecified atom stereocenters. The van der Waals surface area contributed by atoms with Crippen LogP contribution in [0.4, 0.5) is 4.79 Å². The van der Waals surface area contributed by atoms with E-state index in [2.05, 4.69) is 20.8 Å². The number of carbonyl (C=O) groups is 1. The van der Waals surface area contributed by atoms with Gasteiger partial charge < -0.3 is 19.5 Å². The number of amides is 1. The van der Waals surface area contributed by atoms with Gasteiger partial charge in [-0.2, -0.15) is 8.42 Å². The number of nitrogens with zero attached hydrogens (tertiary/aromatic N) is 1. The van der Waals surface area contributed by atoms with E-state index in [4.69, 9.17) is 17.8 Å². The number of rotatable bonds is 7. The lowest BCUT2D eigenvalue weighted by Crippen LogP contribution is -2.53. The Balaban J connectivity index is 1.25. The van der Waals surface area contributed by atoms with E-state index in [1.807, 2.05) is 48.5 Å². The third kappa shape index (κ3) is 7.59. The molecule has 1 N–H and O–H groups in total. The molecule has 0 spiro atoms. The molecular weight excluding hydrogens is 498 g/mol. The number of ether oxygens (including phenoxy) is 2. The summed E-state index contributed by atoms with van der Waals surface area (Å²) in [7, 11) is -3.82. The van der Waals surface area contributed by atoms with Gasteiger partial charge in [-0.25, -0.2) is 13.2 Å². The quantitative estimate of drug-likeness (QED) is 0.547. The predicted octanol–water partition coefficient (Wildman–Crippen LogP) is 4.65. The summed E-state index contributed by atoms with van der Waals surface area (Å²) in [6.07, 6.45) is 1.08. The summed E-state index contributed by atoms with van der Waals surface area (Å²) < 4.78 is 43.9. The van der Waals surface area contributed by atoms with Gasteiger partial charge in [-0.15, -0.1) is 0 Å². The average Bonchev–Trinajstić information content (AvgIpc) is 2.85. The highest BCUT2D eigenvalue weighted by Crippen LogP contribution is 2.33. The van der Waals surface area contributed by atoms with Gasteiger partial charge >= 0.3 is 16.5 Å². The molecule has 0 radical (unpaired) electrons. The summed E-state index contributed by atoms with van der Waals surface area (Å²) in [4.78, 5) is 13.2. The number of hydrogen-bond donors (Lipinski definition) is 1. The van der Waals surface area contributed by atoms with Crippen molar-refractivity contribution in [1.82, 2.24) is 4.90 Å². The van der Waals surface area contributed by atoms with Gasteiger partial charge in [0.2, 0.25) is 0 Å². The predicted molar refractivity (Wildman–Crippen MR) is 137 cm³/mol. The van der Waals surface area contributed by atoms with Crippen LogP contribution in [0.5, 0.6) is 11.5 Å². The third-order valence-corrected chi connectivity index (χ3v) is 7.62. The summed E-state index contributed by atoms with van der Waals surface area (Å²) in [6, 6.07) is 15.4. The fourth-order valence-corrected chi connectivity index (χ4v) is 5.51. The fourth-order valence-electron chi connectivity index (χ4n) is 4.73. The van der Waals surface area contributed by atoms with Crippen LogP contribution >= 0.6 is 0 Å².